The van der Waals surface area contributed by atoms with Gasteiger partial charge in [0, 0.05) is 18.3 Å². The lowest BCUT2D eigenvalue weighted by molar-refractivity contribution is 0.0993. The van der Waals surface area contributed by atoms with Crippen molar-refractivity contribution in [1.29, 1.82) is 0 Å². The Morgan fingerprint density at radius 1 is 1.58 bits per heavy atom. The quantitative estimate of drug-likeness (QED) is 0.848. The highest BCUT2D eigenvalue weighted by Crippen LogP contribution is 2.22. The van der Waals surface area contributed by atoms with E-state index in [1.807, 2.05) is 12.1 Å². The Morgan fingerprint density at radius 2 is 2.47 bits per heavy atom. The summed E-state index contributed by atoms with van der Waals surface area (Å²) in [7, 11) is 0. The number of aromatic nitrogens is 3. The molecule has 0 aliphatic carbocycles. The first-order valence-corrected chi connectivity index (χ1v) is 5.80. The Balaban J connectivity index is 1.59. The standard InChI is InChI=1S/C12H12N4O3/c13-12(17)9-5-11-16(15-9)6-8(19-11)7-18-10-3-1-2-4-14-10/h1-5,8H,6-7H2,(H2,13,17). The zero-order valence-electron chi connectivity index (χ0n) is 10.0. The van der Waals surface area contributed by atoms with Crippen molar-refractivity contribution in [3.63, 3.8) is 0 Å². The Kier molecular flexibility index (Phi) is 2.79. The molecule has 0 spiro atoms. The van der Waals surface area contributed by atoms with Crippen LogP contribution < -0.4 is 15.2 Å². The normalized spacial score (nSPS) is 16.7. The van der Waals surface area contributed by atoms with E-state index in [1.54, 1.807) is 16.9 Å². The van der Waals surface area contributed by atoms with E-state index in [-0.39, 0.29) is 11.8 Å². The number of nitrogens with zero attached hydrogens (tertiary/aromatic N) is 3. The number of primary amides is 1. The molecule has 3 heterocycles. The zero-order chi connectivity index (χ0) is 13.2. The highest BCUT2D eigenvalue weighted by molar-refractivity contribution is 5.91. The largest absolute Gasteiger partial charge is 0.474 e. The first-order valence-electron chi connectivity index (χ1n) is 5.80. The predicted molar refractivity (Wildman–Crippen MR) is 64.9 cm³/mol. The molecule has 0 fully saturated rings. The van der Waals surface area contributed by atoms with Crippen LogP contribution in [0.4, 0.5) is 0 Å². The number of amides is 1. The summed E-state index contributed by atoms with van der Waals surface area (Å²) in [5.74, 6) is 0.517. The number of pyridine rings is 1. The van der Waals surface area contributed by atoms with Crippen LogP contribution in [-0.2, 0) is 6.54 Å². The molecule has 7 nitrogen and oxygen atoms in total. The molecule has 19 heavy (non-hydrogen) atoms. The van der Waals surface area contributed by atoms with Crippen molar-refractivity contribution in [3.05, 3.63) is 36.2 Å². The molecule has 1 unspecified atom stereocenters. The van der Waals surface area contributed by atoms with Gasteiger partial charge in [0.25, 0.3) is 5.91 Å². The predicted octanol–water partition coefficient (Wildman–Crippen LogP) is 0.217. The van der Waals surface area contributed by atoms with Gasteiger partial charge in [0.1, 0.15) is 6.61 Å². The lowest BCUT2D eigenvalue weighted by Gasteiger charge is -2.10. The van der Waals surface area contributed by atoms with Crippen molar-refractivity contribution in [2.24, 2.45) is 5.73 Å². The van der Waals surface area contributed by atoms with Crippen molar-refractivity contribution in [2.45, 2.75) is 12.6 Å². The number of hydrogen-bond donors (Lipinski definition) is 1. The van der Waals surface area contributed by atoms with E-state index < -0.39 is 5.91 Å². The van der Waals surface area contributed by atoms with Crippen molar-refractivity contribution >= 4 is 5.91 Å². The Morgan fingerprint density at radius 3 is 3.16 bits per heavy atom. The van der Waals surface area contributed by atoms with Crippen molar-refractivity contribution in [1.82, 2.24) is 14.8 Å². The van der Waals surface area contributed by atoms with Crippen molar-refractivity contribution in [3.8, 4) is 11.8 Å². The van der Waals surface area contributed by atoms with E-state index >= 15 is 0 Å². The Bertz CT molecular complexity index is 573. The Labute approximate surface area is 108 Å². The molecule has 1 amide bonds. The lowest BCUT2D eigenvalue weighted by atomic mass is 10.4. The van der Waals surface area contributed by atoms with Gasteiger partial charge >= 0.3 is 0 Å². The van der Waals surface area contributed by atoms with Gasteiger partial charge in [0.15, 0.2) is 11.8 Å². The average molecular weight is 260 g/mol. The third kappa shape index (κ3) is 2.35. The van der Waals surface area contributed by atoms with Crippen LogP contribution in [0.3, 0.4) is 0 Å². The lowest BCUT2D eigenvalue weighted by Crippen LogP contribution is -2.24. The third-order valence-electron chi connectivity index (χ3n) is 2.71. The molecule has 1 aliphatic rings. The first-order chi connectivity index (χ1) is 9.22. The van der Waals surface area contributed by atoms with Crippen LogP contribution in [0, 0.1) is 0 Å². The smallest absolute Gasteiger partial charge is 0.269 e. The Hall–Kier alpha value is -2.57. The molecule has 0 saturated heterocycles. The maximum absolute atomic E-state index is 11.0. The van der Waals surface area contributed by atoms with Gasteiger partial charge in [-0.15, -0.1) is 0 Å². The summed E-state index contributed by atoms with van der Waals surface area (Å²) in [5, 5.41) is 4.04. The molecule has 1 atom stereocenters. The second kappa shape index (κ2) is 4.60. The average Bonchev–Trinajstić information content (AvgIpc) is 2.95. The highest BCUT2D eigenvalue weighted by atomic mass is 16.5. The first kappa shape index (κ1) is 11.5. The number of nitrogens with two attached hydrogens (primary N) is 1. The molecule has 98 valence electrons. The molecular weight excluding hydrogens is 248 g/mol. The van der Waals surface area contributed by atoms with Crippen LogP contribution >= 0.6 is 0 Å². The van der Waals surface area contributed by atoms with E-state index in [0.29, 0.717) is 24.9 Å². The zero-order valence-corrected chi connectivity index (χ0v) is 10.0. The minimum atomic E-state index is -0.563. The molecule has 0 saturated carbocycles. The summed E-state index contributed by atoms with van der Waals surface area (Å²) in [6.07, 6.45) is 1.51. The van der Waals surface area contributed by atoms with Crippen LogP contribution in [0.5, 0.6) is 11.8 Å². The van der Waals surface area contributed by atoms with Gasteiger partial charge in [0.05, 0.1) is 6.54 Å². The number of hydrogen-bond acceptors (Lipinski definition) is 5. The fraction of sp³-hybridized carbons (Fsp3) is 0.250. The molecule has 2 aromatic rings. The van der Waals surface area contributed by atoms with Crippen LogP contribution in [0.25, 0.3) is 0 Å². The molecule has 3 rings (SSSR count). The monoisotopic (exact) mass is 260 g/mol. The van der Waals surface area contributed by atoms with E-state index in [0.717, 1.165) is 0 Å². The highest BCUT2D eigenvalue weighted by Gasteiger charge is 2.26. The maximum Gasteiger partial charge on any atom is 0.269 e. The van der Waals surface area contributed by atoms with E-state index in [9.17, 15) is 4.79 Å². The van der Waals surface area contributed by atoms with Gasteiger partial charge in [-0.2, -0.15) is 5.10 Å². The van der Waals surface area contributed by atoms with Crippen LogP contribution in [0.15, 0.2) is 30.5 Å². The van der Waals surface area contributed by atoms with Crippen LogP contribution in [-0.4, -0.2) is 33.4 Å². The summed E-state index contributed by atoms with van der Waals surface area (Å²) >= 11 is 0. The molecule has 7 heteroatoms. The summed E-state index contributed by atoms with van der Waals surface area (Å²) in [5.41, 5.74) is 5.35. The van der Waals surface area contributed by atoms with Gasteiger partial charge in [0.2, 0.25) is 11.8 Å². The summed E-state index contributed by atoms with van der Waals surface area (Å²) < 4.78 is 12.7. The van der Waals surface area contributed by atoms with Gasteiger partial charge < -0.3 is 15.2 Å². The van der Waals surface area contributed by atoms with Crippen molar-refractivity contribution < 1.29 is 14.3 Å². The number of fused-ring (bicyclic) bond motifs is 1. The summed E-state index contributed by atoms with van der Waals surface area (Å²) in [6, 6.07) is 6.98. The topological polar surface area (TPSA) is 92.3 Å². The van der Waals surface area contributed by atoms with Gasteiger partial charge in [-0.1, -0.05) is 6.07 Å². The minimum absolute atomic E-state index is 0.147. The third-order valence-corrected chi connectivity index (χ3v) is 2.71. The van der Waals surface area contributed by atoms with Gasteiger partial charge in [-0.25, -0.2) is 9.67 Å². The summed E-state index contributed by atoms with van der Waals surface area (Å²) in [4.78, 5) is 15.0. The number of rotatable bonds is 4. The van der Waals surface area contributed by atoms with Crippen molar-refractivity contribution in [2.75, 3.05) is 6.61 Å². The number of carbonyl (C=O) groups excluding carboxylic acids is 1. The van der Waals surface area contributed by atoms with E-state index in [1.165, 1.54) is 6.07 Å². The molecular formula is C12H12N4O3. The molecule has 0 bridgehead atoms. The second-order valence-corrected chi connectivity index (χ2v) is 4.13. The minimum Gasteiger partial charge on any atom is -0.474 e. The van der Waals surface area contributed by atoms with Crippen LogP contribution in [0.2, 0.25) is 0 Å². The van der Waals surface area contributed by atoms with E-state index in [4.69, 9.17) is 15.2 Å². The number of carbonyl (C=O) groups is 1. The number of ether oxygens (including phenoxy) is 2. The fourth-order valence-electron chi connectivity index (χ4n) is 1.84. The molecule has 2 aromatic heterocycles. The van der Waals surface area contributed by atoms with E-state index in [2.05, 4.69) is 10.1 Å². The van der Waals surface area contributed by atoms with Gasteiger partial charge in [-0.05, 0) is 6.07 Å². The molecule has 0 radical (unpaired) electrons. The fourth-order valence-corrected chi connectivity index (χ4v) is 1.84. The summed E-state index contributed by atoms with van der Waals surface area (Å²) in [6.45, 7) is 0.891. The molecule has 0 aromatic carbocycles. The maximum atomic E-state index is 11.0. The second-order valence-electron chi connectivity index (χ2n) is 4.13. The van der Waals surface area contributed by atoms with Crippen LogP contribution in [0.1, 0.15) is 10.5 Å². The molecule has 2 N–H and O–H groups in total. The molecule has 1 aliphatic heterocycles. The van der Waals surface area contributed by atoms with Gasteiger partial charge in [-0.3, -0.25) is 4.79 Å². The SMILES string of the molecule is NC(=O)c1cc2n(n1)CC(COc1ccccn1)O2.